The summed E-state index contributed by atoms with van der Waals surface area (Å²) in [5.74, 6) is 0.746. The molecule has 0 spiro atoms. The highest BCUT2D eigenvalue weighted by Gasteiger charge is 2.38. The lowest BCUT2D eigenvalue weighted by Crippen LogP contribution is -2.34. The highest BCUT2D eigenvalue weighted by Crippen LogP contribution is 2.41. The van der Waals surface area contributed by atoms with E-state index in [1.54, 1.807) is 24.3 Å². The van der Waals surface area contributed by atoms with E-state index in [4.69, 9.17) is 31.5 Å². The lowest BCUT2D eigenvalue weighted by Gasteiger charge is -2.28. The highest BCUT2D eigenvalue weighted by molar-refractivity contribution is 7.89. The molecule has 2 aliphatic rings. The van der Waals surface area contributed by atoms with E-state index in [2.05, 4.69) is 11.0 Å². The molecule has 11 heteroatoms. The number of aryl methyl sites for hydroxylation is 1. The fourth-order valence-corrected chi connectivity index (χ4v) is 7.11. The van der Waals surface area contributed by atoms with Crippen LogP contribution < -0.4 is 10.5 Å². The number of rotatable bonds is 12. The first-order valence-corrected chi connectivity index (χ1v) is 15.0. The SMILES string of the molecule is Cc1cc(S(=O)(=O)N2CC[C@H](COCCOCCN)C2)ccc1O[C@H]1c2cc(Cl)cc(C#N)c2C[C@@H]1N(C)C. The maximum atomic E-state index is 13.4. The summed E-state index contributed by atoms with van der Waals surface area (Å²) in [4.78, 5) is 2.32. The van der Waals surface area contributed by atoms with Gasteiger partial charge < -0.3 is 24.8 Å². The number of nitrogens with two attached hydrogens (primary N) is 1. The van der Waals surface area contributed by atoms with Crippen LogP contribution >= 0.6 is 11.6 Å². The van der Waals surface area contributed by atoms with Gasteiger partial charge in [-0.1, -0.05) is 11.6 Å². The lowest BCUT2D eigenvalue weighted by atomic mass is 10.0. The summed E-state index contributed by atoms with van der Waals surface area (Å²) in [6.07, 6.45) is 1.07. The number of nitriles is 1. The minimum absolute atomic E-state index is 0.00403. The lowest BCUT2D eigenvalue weighted by molar-refractivity contribution is 0.0377. The van der Waals surface area contributed by atoms with Crippen molar-refractivity contribution in [3.63, 3.8) is 0 Å². The van der Waals surface area contributed by atoms with Gasteiger partial charge in [-0.2, -0.15) is 9.57 Å². The number of hydrogen-bond donors (Lipinski definition) is 1. The van der Waals surface area contributed by atoms with Gasteiger partial charge in [0.05, 0.1) is 49.0 Å². The van der Waals surface area contributed by atoms with E-state index in [1.807, 2.05) is 27.1 Å². The predicted molar refractivity (Wildman–Crippen MR) is 149 cm³/mol. The van der Waals surface area contributed by atoms with E-state index in [0.29, 0.717) is 68.8 Å². The van der Waals surface area contributed by atoms with Gasteiger partial charge in [-0.15, -0.1) is 0 Å². The van der Waals surface area contributed by atoms with Crippen LogP contribution in [-0.2, 0) is 25.9 Å². The van der Waals surface area contributed by atoms with Gasteiger partial charge in [0.15, 0.2) is 0 Å². The van der Waals surface area contributed by atoms with Crippen LogP contribution in [0.1, 0.15) is 34.8 Å². The number of benzene rings is 2. The minimum Gasteiger partial charge on any atom is -0.484 e. The quantitative estimate of drug-likeness (QED) is 0.383. The number of sulfonamides is 1. The molecule has 0 saturated carbocycles. The number of halogens is 1. The molecular formula is C28H37ClN4O5S. The van der Waals surface area contributed by atoms with Crippen LogP contribution in [0.4, 0.5) is 0 Å². The van der Waals surface area contributed by atoms with Crippen molar-refractivity contribution in [3.05, 3.63) is 57.6 Å². The first kappa shape index (κ1) is 29.7. The third kappa shape index (κ3) is 6.74. The Morgan fingerprint density at radius 3 is 2.64 bits per heavy atom. The first-order valence-electron chi connectivity index (χ1n) is 13.2. The zero-order valence-electron chi connectivity index (χ0n) is 22.7. The smallest absolute Gasteiger partial charge is 0.243 e. The third-order valence-corrected chi connectivity index (χ3v) is 9.46. The Morgan fingerprint density at radius 1 is 1.18 bits per heavy atom. The van der Waals surface area contributed by atoms with Crippen molar-refractivity contribution in [3.8, 4) is 11.8 Å². The number of nitrogens with zero attached hydrogens (tertiary/aromatic N) is 3. The van der Waals surface area contributed by atoms with Crippen molar-refractivity contribution in [1.29, 1.82) is 5.26 Å². The van der Waals surface area contributed by atoms with E-state index in [0.717, 1.165) is 23.1 Å². The summed E-state index contributed by atoms with van der Waals surface area (Å²) >= 11 is 6.32. The fraction of sp³-hybridized carbons (Fsp3) is 0.536. The highest BCUT2D eigenvalue weighted by atomic mass is 35.5. The Hall–Kier alpha value is -2.23. The molecule has 39 heavy (non-hydrogen) atoms. The predicted octanol–water partition coefficient (Wildman–Crippen LogP) is 3.13. The average Bonchev–Trinajstić information content (AvgIpc) is 3.52. The molecule has 2 N–H and O–H groups in total. The van der Waals surface area contributed by atoms with Crippen LogP contribution in [0.15, 0.2) is 35.2 Å². The van der Waals surface area contributed by atoms with Crippen LogP contribution in [-0.4, -0.2) is 83.8 Å². The zero-order valence-corrected chi connectivity index (χ0v) is 24.3. The van der Waals surface area contributed by atoms with E-state index < -0.39 is 10.0 Å². The number of hydrogen-bond acceptors (Lipinski definition) is 8. The summed E-state index contributed by atoms with van der Waals surface area (Å²) in [5, 5.41) is 10.1. The van der Waals surface area contributed by atoms with E-state index >= 15 is 0 Å². The Kier molecular flexibility index (Phi) is 9.88. The second-order valence-corrected chi connectivity index (χ2v) is 12.7. The van der Waals surface area contributed by atoms with Crippen molar-refractivity contribution in [2.75, 3.05) is 60.2 Å². The molecule has 1 fully saturated rings. The maximum Gasteiger partial charge on any atom is 0.243 e. The molecule has 0 amide bonds. The van der Waals surface area contributed by atoms with Gasteiger partial charge in [0, 0.05) is 24.7 Å². The molecule has 1 aliphatic heterocycles. The molecule has 1 aliphatic carbocycles. The van der Waals surface area contributed by atoms with Crippen LogP contribution in [0.3, 0.4) is 0 Å². The topological polar surface area (TPSA) is 118 Å². The summed E-state index contributed by atoms with van der Waals surface area (Å²) in [6, 6.07) is 10.8. The van der Waals surface area contributed by atoms with E-state index in [9.17, 15) is 13.7 Å². The maximum absolute atomic E-state index is 13.4. The van der Waals surface area contributed by atoms with Gasteiger partial charge >= 0.3 is 0 Å². The number of likely N-dealkylation sites (N-methyl/N-ethyl adjacent to an activating group) is 1. The molecule has 1 saturated heterocycles. The van der Waals surface area contributed by atoms with E-state index in [1.165, 1.54) is 4.31 Å². The van der Waals surface area contributed by atoms with Gasteiger partial charge in [0.25, 0.3) is 0 Å². The average molecular weight is 577 g/mol. The zero-order chi connectivity index (χ0) is 28.2. The van der Waals surface area contributed by atoms with Crippen molar-refractivity contribution >= 4 is 21.6 Å². The van der Waals surface area contributed by atoms with Gasteiger partial charge in [-0.05, 0) is 86.8 Å². The number of ether oxygens (including phenoxy) is 3. The third-order valence-electron chi connectivity index (χ3n) is 7.38. The minimum atomic E-state index is -3.65. The van der Waals surface area contributed by atoms with Crippen molar-refractivity contribution in [2.45, 2.75) is 36.8 Å². The normalized spacial score (nSPS) is 21.3. The van der Waals surface area contributed by atoms with Crippen LogP contribution in [0.5, 0.6) is 5.75 Å². The second-order valence-electron chi connectivity index (χ2n) is 10.3. The standard InChI is InChI=1S/C28H37ClN4O5S/c1-19-12-23(39(34,35)33-8-6-20(17-33)18-37-11-10-36-9-7-30)4-5-27(19)38-28-25-14-22(29)13-21(16-31)24(25)15-26(28)32(2)3/h4-5,12-14,20,26,28H,6-11,15,17-18,30H2,1-3H3/t20-,26-,28-/m0/s1. The largest absolute Gasteiger partial charge is 0.484 e. The molecule has 2 aromatic rings. The van der Waals surface area contributed by atoms with Crippen molar-refractivity contribution < 1.29 is 22.6 Å². The van der Waals surface area contributed by atoms with Crippen LogP contribution in [0.2, 0.25) is 5.02 Å². The molecular weight excluding hydrogens is 540 g/mol. The molecule has 9 nitrogen and oxygen atoms in total. The van der Waals surface area contributed by atoms with Gasteiger partial charge in [-0.3, -0.25) is 0 Å². The van der Waals surface area contributed by atoms with Crippen LogP contribution in [0.25, 0.3) is 0 Å². The van der Waals surface area contributed by atoms with Crippen LogP contribution in [0, 0.1) is 24.2 Å². The van der Waals surface area contributed by atoms with E-state index in [-0.39, 0.29) is 23.0 Å². The molecule has 0 radical (unpaired) electrons. The van der Waals surface area contributed by atoms with Crippen molar-refractivity contribution in [1.82, 2.24) is 9.21 Å². The monoisotopic (exact) mass is 576 g/mol. The van der Waals surface area contributed by atoms with Gasteiger partial charge in [0.2, 0.25) is 10.0 Å². The summed E-state index contributed by atoms with van der Waals surface area (Å²) in [7, 11) is 0.312. The second kappa shape index (κ2) is 13.0. The molecule has 3 atom stereocenters. The molecule has 0 bridgehead atoms. The molecule has 0 unspecified atom stereocenters. The van der Waals surface area contributed by atoms with Gasteiger partial charge in [0.1, 0.15) is 11.9 Å². The number of fused-ring (bicyclic) bond motifs is 1. The van der Waals surface area contributed by atoms with Crippen molar-refractivity contribution in [2.24, 2.45) is 11.7 Å². The Balaban J connectivity index is 1.45. The summed E-state index contributed by atoms with van der Waals surface area (Å²) in [5.41, 5.74) is 8.52. The molecule has 2 aromatic carbocycles. The molecule has 0 aromatic heterocycles. The molecule has 1 heterocycles. The fourth-order valence-electron chi connectivity index (χ4n) is 5.26. The summed E-state index contributed by atoms with van der Waals surface area (Å²) in [6.45, 7) is 5.16. The Labute approximate surface area is 236 Å². The Morgan fingerprint density at radius 2 is 1.95 bits per heavy atom. The first-order chi connectivity index (χ1) is 18.6. The van der Waals surface area contributed by atoms with Gasteiger partial charge in [-0.25, -0.2) is 8.42 Å². The molecule has 212 valence electrons. The Bertz CT molecular complexity index is 1310. The summed E-state index contributed by atoms with van der Waals surface area (Å²) < 4.78 is 45.8. The molecule has 4 rings (SSSR count).